The first-order valence-corrected chi connectivity index (χ1v) is 20.0. The van der Waals surface area contributed by atoms with Gasteiger partial charge < -0.3 is 25.4 Å². The average molecular weight is 757 g/mol. The number of aryl methyl sites for hydroxylation is 1. The first kappa shape index (κ1) is 40.3. The van der Waals surface area contributed by atoms with Gasteiger partial charge in [0.15, 0.2) is 0 Å². The number of aliphatic hydroxyl groups excluding tert-OH is 1. The first-order valence-electron chi connectivity index (χ1n) is 18.5. The molecule has 3 N–H and O–H groups in total. The second-order valence-corrected chi connectivity index (χ2v) is 16.5. The molecule has 3 aromatic carbocycles. The van der Waals surface area contributed by atoms with Crippen molar-refractivity contribution < 1.29 is 28.3 Å². The Labute approximate surface area is 318 Å². The third-order valence-electron chi connectivity index (χ3n) is 9.98. The molecular weight excluding hydrogens is 705 g/mol. The number of oxime groups is 1. The van der Waals surface area contributed by atoms with Gasteiger partial charge >= 0.3 is 6.03 Å². The molecule has 4 aromatic rings. The molecule has 0 aliphatic carbocycles. The van der Waals surface area contributed by atoms with Gasteiger partial charge in [0.25, 0.3) is 0 Å². The molecule has 0 radical (unpaired) electrons. The number of nitrogens with zero attached hydrogens (tertiary/aromatic N) is 5. The monoisotopic (exact) mass is 756 g/mol. The topological polar surface area (TPSA) is 156 Å². The highest BCUT2D eigenvalue weighted by Crippen LogP contribution is 2.26. The second kappa shape index (κ2) is 18.0. The number of fused-ring (bicyclic) bond motifs is 1. The van der Waals surface area contributed by atoms with Crippen molar-refractivity contribution in [1.29, 1.82) is 0 Å². The summed E-state index contributed by atoms with van der Waals surface area (Å²) in [4.78, 5) is 36.6. The molecule has 0 unspecified atom stereocenters. The van der Waals surface area contributed by atoms with Gasteiger partial charge in [-0.25, -0.2) is 13.2 Å². The molecule has 1 saturated heterocycles. The van der Waals surface area contributed by atoms with Crippen LogP contribution in [0.25, 0.3) is 10.9 Å². The molecule has 288 valence electrons. The Morgan fingerprint density at radius 2 is 1.69 bits per heavy atom. The van der Waals surface area contributed by atoms with Crippen LogP contribution in [0.15, 0.2) is 95.0 Å². The van der Waals surface area contributed by atoms with Crippen LogP contribution in [-0.4, -0.2) is 100 Å². The lowest BCUT2D eigenvalue weighted by atomic mass is 9.95. The third kappa shape index (κ3) is 9.62. The predicted molar refractivity (Wildman–Crippen MR) is 210 cm³/mol. The Morgan fingerprint density at radius 1 is 1.00 bits per heavy atom. The van der Waals surface area contributed by atoms with E-state index in [2.05, 4.69) is 15.5 Å². The molecule has 5 rings (SSSR count). The number of sulfonamides is 1. The first-order chi connectivity index (χ1) is 25.8. The molecular formula is C41H52N6O6S. The summed E-state index contributed by atoms with van der Waals surface area (Å²) in [5, 5.41) is 27.8. The van der Waals surface area contributed by atoms with E-state index >= 15 is 0 Å². The van der Waals surface area contributed by atoms with Gasteiger partial charge in [0.05, 0.1) is 28.8 Å². The molecule has 1 aliphatic heterocycles. The minimum atomic E-state index is -4.07. The van der Waals surface area contributed by atoms with E-state index in [-0.39, 0.29) is 42.3 Å². The number of carbonyl (C=O) groups is 2. The van der Waals surface area contributed by atoms with E-state index in [1.807, 2.05) is 95.3 Å². The summed E-state index contributed by atoms with van der Waals surface area (Å²) >= 11 is 0. The Balaban J connectivity index is 1.39. The quantitative estimate of drug-likeness (QED) is 0.0737. The van der Waals surface area contributed by atoms with Crippen molar-refractivity contribution >= 4 is 39.1 Å². The number of nitrogens with one attached hydrogen (secondary N) is 1. The number of hydrogen-bond acceptors (Lipinski definition) is 8. The zero-order chi connectivity index (χ0) is 39.0. The minimum absolute atomic E-state index is 0.0259. The zero-order valence-electron chi connectivity index (χ0n) is 31.7. The van der Waals surface area contributed by atoms with Crippen LogP contribution in [0, 0.1) is 18.8 Å². The minimum Gasteiger partial charge on any atom is -0.411 e. The van der Waals surface area contributed by atoms with E-state index < -0.39 is 34.1 Å². The van der Waals surface area contributed by atoms with Crippen molar-refractivity contribution in [3.63, 3.8) is 0 Å². The van der Waals surface area contributed by atoms with Gasteiger partial charge in [-0.15, -0.1) is 0 Å². The lowest BCUT2D eigenvalue weighted by Crippen LogP contribution is -2.57. The summed E-state index contributed by atoms with van der Waals surface area (Å²) in [6.45, 7) is 10.7. The maximum Gasteiger partial charge on any atom is 0.321 e. The molecule has 54 heavy (non-hydrogen) atoms. The molecule has 13 heteroatoms. The van der Waals surface area contributed by atoms with Crippen LogP contribution in [0.5, 0.6) is 0 Å². The summed E-state index contributed by atoms with van der Waals surface area (Å²) in [6, 6.07) is 23.2. The Kier molecular flexibility index (Phi) is 13.4. The van der Waals surface area contributed by atoms with E-state index in [0.29, 0.717) is 31.6 Å². The van der Waals surface area contributed by atoms with Crippen LogP contribution < -0.4 is 5.32 Å². The number of benzene rings is 3. The van der Waals surface area contributed by atoms with Crippen molar-refractivity contribution in [1.82, 2.24) is 24.4 Å². The smallest absolute Gasteiger partial charge is 0.321 e. The summed E-state index contributed by atoms with van der Waals surface area (Å²) in [7, 11) is -4.07. The molecule has 0 saturated carbocycles. The number of pyridine rings is 1. The number of hydrogen-bond donors (Lipinski definition) is 3. The van der Waals surface area contributed by atoms with Crippen molar-refractivity contribution in [3.8, 4) is 0 Å². The van der Waals surface area contributed by atoms with Gasteiger partial charge in [-0.2, -0.15) is 4.31 Å². The van der Waals surface area contributed by atoms with E-state index in [4.69, 9.17) is 5.21 Å². The summed E-state index contributed by atoms with van der Waals surface area (Å²) in [5.74, 6) is -0.670. The lowest BCUT2D eigenvalue weighted by molar-refractivity contribution is -0.128. The van der Waals surface area contributed by atoms with Gasteiger partial charge in [-0.05, 0) is 66.1 Å². The molecule has 1 aliphatic rings. The molecule has 12 nitrogen and oxygen atoms in total. The number of aromatic nitrogens is 1. The van der Waals surface area contributed by atoms with Crippen LogP contribution in [0.2, 0.25) is 0 Å². The molecule has 2 heterocycles. The van der Waals surface area contributed by atoms with Crippen LogP contribution in [0.4, 0.5) is 4.79 Å². The number of urea groups is 1. The molecule has 1 fully saturated rings. The third-order valence-corrected chi connectivity index (χ3v) is 11.8. The van der Waals surface area contributed by atoms with Crippen LogP contribution in [0.3, 0.4) is 0 Å². The highest BCUT2D eigenvalue weighted by Gasteiger charge is 2.41. The van der Waals surface area contributed by atoms with Crippen molar-refractivity contribution in [2.24, 2.45) is 17.0 Å². The van der Waals surface area contributed by atoms with E-state index in [9.17, 15) is 23.1 Å². The fraction of sp³-hybridized carbons (Fsp3) is 0.415. The largest absolute Gasteiger partial charge is 0.411 e. The number of rotatable bonds is 17. The normalized spacial score (nSPS) is 16.0. The van der Waals surface area contributed by atoms with E-state index in [0.717, 1.165) is 27.7 Å². The van der Waals surface area contributed by atoms with Crippen LogP contribution >= 0.6 is 0 Å². The van der Waals surface area contributed by atoms with Gasteiger partial charge in [-0.1, -0.05) is 99.9 Å². The molecule has 0 bridgehead atoms. The predicted octanol–water partition coefficient (Wildman–Crippen LogP) is 5.44. The molecule has 4 atom stereocenters. The molecule has 3 amide bonds. The Bertz CT molecular complexity index is 2030. The van der Waals surface area contributed by atoms with Gasteiger partial charge in [0, 0.05) is 43.8 Å². The number of aliphatic hydroxyl groups is 1. The summed E-state index contributed by atoms with van der Waals surface area (Å²) in [6.07, 6.45) is 0.771. The zero-order valence-corrected chi connectivity index (χ0v) is 32.5. The van der Waals surface area contributed by atoms with Crippen molar-refractivity contribution in [2.75, 3.05) is 26.2 Å². The number of amides is 3. The maximum atomic E-state index is 14.4. The molecule has 1 aromatic heterocycles. The Hall–Kier alpha value is -4.85. The van der Waals surface area contributed by atoms with Crippen molar-refractivity contribution in [3.05, 3.63) is 107 Å². The van der Waals surface area contributed by atoms with Crippen LogP contribution in [0.1, 0.15) is 56.5 Å². The average Bonchev–Trinajstić information content (AvgIpc) is 3.49. The SMILES string of the molecule is CC[C@H](C)[C@@H](C(=O)N[C@@H](Cc1ccccc1)[C@H](O)CN(CC(C)C)S(=O)(=O)c1ccc(C=NO)cc1)N1CCN(Cc2cc(C)nc3ccccc23)C1=O. The lowest BCUT2D eigenvalue weighted by Gasteiger charge is -2.35. The highest BCUT2D eigenvalue weighted by molar-refractivity contribution is 7.89. The standard InChI is InChI=1S/C41H52N6O6S/c1-6-29(4)39(47-21-20-45(41(47)50)26-33-22-30(5)43-36-15-11-10-14-35(33)36)40(49)44-37(23-31-12-8-7-9-13-31)38(48)27-46(25-28(2)3)54(52,53)34-18-16-32(17-19-34)24-42-51/h7-19,22,24,28-29,37-39,48,51H,6,20-21,23,25-27H2,1-5H3,(H,44,49)/t29-,37-,38+,39-/m0/s1. The highest BCUT2D eigenvalue weighted by atomic mass is 32.2. The number of carbonyl (C=O) groups excluding carboxylic acids is 2. The maximum absolute atomic E-state index is 14.4. The van der Waals surface area contributed by atoms with E-state index in [1.54, 1.807) is 9.80 Å². The fourth-order valence-electron chi connectivity index (χ4n) is 7.04. The molecule has 0 spiro atoms. The van der Waals surface area contributed by atoms with Crippen LogP contribution in [-0.2, 0) is 27.8 Å². The van der Waals surface area contributed by atoms with Gasteiger partial charge in [0.1, 0.15) is 6.04 Å². The summed E-state index contributed by atoms with van der Waals surface area (Å²) in [5.41, 5.74) is 4.08. The summed E-state index contributed by atoms with van der Waals surface area (Å²) < 4.78 is 29.2. The fourth-order valence-corrected chi connectivity index (χ4v) is 8.66. The van der Waals surface area contributed by atoms with Crippen molar-refractivity contribution in [2.45, 2.75) is 77.1 Å². The second-order valence-electron chi connectivity index (χ2n) is 14.6. The van der Waals surface area contributed by atoms with Gasteiger partial charge in [0.2, 0.25) is 15.9 Å². The van der Waals surface area contributed by atoms with E-state index in [1.165, 1.54) is 34.8 Å². The Morgan fingerprint density at radius 3 is 2.35 bits per heavy atom. The number of para-hydroxylation sites is 1. The van der Waals surface area contributed by atoms with Gasteiger partial charge in [-0.3, -0.25) is 9.78 Å².